The van der Waals surface area contributed by atoms with Crippen LogP contribution in [0.25, 0.3) is 0 Å². The molecule has 0 atom stereocenters. The van der Waals surface area contributed by atoms with Gasteiger partial charge in [-0.3, -0.25) is 4.79 Å². The van der Waals surface area contributed by atoms with E-state index in [4.69, 9.17) is 5.26 Å². The Morgan fingerprint density at radius 3 is 2.50 bits per heavy atom. The van der Waals surface area contributed by atoms with Gasteiger partial charge in [0.2, 0.25) is 5.95 Å². The highest BCUT2D eigenvalue weighted by Crippen LogP contribution is 2.23. The van der Waals surface area contributed by atoms with Crippen molar-refractivity contribution in [3.05, 3.63) is 46.8 Å². The molecule has 0 aliphatic carbocycles. The second-order valence-corrected chi connectivity index (χ2v) is 5.91. The first-order valence-electron chi connectivity index (χ1n) is 8.00. The summed E-state index contributed by atoms with van der Waals surface area (Å²) in [6.07, 6.45) is 2.32. The number of aryl methyl sites for hydroxylation is 2. The van der Waals surface area contributed by atoms with Crippen LogP contribution in [0.3, 0.4) is 0 Å². The molecular weight excluding hydrogens is 302 g/mol. The van der Waals surface area contributed by atoms with Crippen LogP contribution in [0.2, 0.25) is 0 Å². The number of nitrogens with zero attached hydrogens (tertiary/aromatic N) is 4. The molecule has 2 aromatic rings. The summed E-state index contributed by atoms with van der Waals surface area (Å²) in [5, 5.41) is 11.8. The van der Waals surface area contributed by atoms with Crippen molar-refractivity contribution in [1.29, 1.82) is 5.26 Å². The Kier molecular flexibility index (Phi) is 4.43. The zero-order chi connectivity index (χ0) is 17.1. The molecule has 0 spiro atoms. The minimum absolute atomic E-state index is 0.268. The normalized spacial score (nSPS) is 13.6. The first-order valence-corrected chi connectivity index (χ1v) is 8.00. The fourth-order valence-electron chi connectivity index (χ4n) is 2.85. The fourth-order valence-corrected chi connectivity index (χ4v) is 2.85. The predicted octanol–water partition coefficient (Wildman–Crippen LogP) is 2.82. The van der Waals surface area contributed by atoms with Gasteiger partial charge in [0.25, 0.3) is 5.91 Å². The molecule has 1 aliphatic heterocycles. The van der Waals surface area contributed by atoms with Crippen LogP contribution in [-0.4, -0.2) is 29.0 Å². The Balaban J connectivity index is 1.84. The number of nitriles is 1. The van der Waals surface area contributed by atoms with Crippen molar-refractivity contribution in [3.8, 4) is 6.07 Å². The van der Waals surface area contributed by atoms with Crippen LogP contribution in [0.5, 0.6) is 0 Å². The van der Waals surface area contributed by atoms with E-state index in [9.17, 15) is 4.79 Å². The molecule has 1 amide bonds. The summed E-state index contributed by atoms with van der Waals surface area (Å²) >= 11 is 0. The van der Waals surface area contributed by atoms with Crippen LogP contribution in [-0.2, 0) is 0 Å². The molecule has 0 saturated carbocycles. The average Bonchev–Trinajstić information content (AvgIpc) is 3.12. The van der Waals surface area contributed by atoms with Crippen molar-refractivity contribution in [2.24, 2.45) is 0 Å². The van der Waals surface area contributed by atoms with Crippen molar-refractivity contribution in [2.45, 2.75) is 26.7 Å². The fraction of sp³-hybridized carbons (Fsp3) is 0.333. The van der Waals surface area contributed by atoms with Crippen LogP contribution in [0.1, 0.15) is 40.2 Å². The molecule has 0 bridgehead atoms. The van der Waals surface area contributed by atoms with Crippen molar-refractivity contribution >= 4 is 17.5 Å². The third-order valence-corrected chi connectivity index (χ3v) is 4.14. The number of rotatable bonds is 3. The summed E-state index contributed by atoms with van der Waals surface area (Å²) in [5.41, 5.74) is 3.02. The Morgan fingerprint density at radius 1 is 1.21 bits per heavy atom. The Bertz CT molecular complexity index is 795. The highest BCUT2D eigenvalue weighted by molar-refractivity contribution is 6.05. The molecule has 1 fully saturated rings. The number of anilines is 2. The van der Waals surface area contributed by atoms with Crippen molar-refractivity contribution in [2.75, 3.05) is 23.3 Å². The van der Waals surface area contributed by atoms with Crippen molar-refractivity contribution in [3.63, 3.8) is 0 Å². The van der Waals surface area contributed by atoms with Gasteiger partial charge in [0.1, 0.15) is 0 Å². The van der Waals surface area contributed by atoms with Gasteiger partial charge in [-0.2, -0.15) is 5.26 Å². The monoisotopic (exact) mass is 321 g/mol. The Morgan fingerprint density at radius 2 is 1.88 bits per heavy atom. The molecule has 3 rings (SSSR count). The molecule has 6 heteroatoms. The number of carbonyl (C=O) groups is 1. The van der Waals surface area contributed by atoms with Gasteiger partial charge in [0.05, 0.1) is 28.7 Å². The molecule has 1 saturated heterocycles. The SMILES string of the molecule is Cc1nc(N2CCCC2)nc(C)c1NC(=O)c1cccc(C#N)c1. The summed E-state index contributed by atoms with van der Waals surface area (Å²) in [4.78, 5) is 23.7. The predicted molar refractivity (Wildman–Crippen MR) is 92.1 cm³/mol. The second kappa shape index (κ2) is 6.67. The van der Waals surface area contributed by atoms with E-state index in [1.165, 1.54) is 0 Å². The average molecular weight is 321 g/mol. The maximum absolute atomic E-state index is 12.4. The lowest BCUT2D eigenvalue weighted by molar-refractivity contribution is 0.102. The molecule has 6 nitrogen and oxygen atoms in total. The number of amides is 1. The van der Waals surface area contributed by atoms with Crippen LogP contribution < -0.4 is 10.2 Å². The highest BCUT2D eigenvalue weighted by Gasteiger charge is 2.18. The number of hydrogen-bond acceptors (Lipinski definition) is 5. The van der Waals surface area contributed by atoms with Crippen LogP contribution in [0, 0.1) is 25.2 Å². The summed E-state index contributed by atoms with van der Waals surface area (Å²) < 4.78 is 0. The van der Waals surface area contributed by atoms with E-state index in [2.05, 4.69) is 20.2 Å². The minimum Gasteiger partial charge on any atom is -0.341 e. The molecule has 0 radical (unpaired) electrons. The minimum atomic E-state index is -0.268. The molecule has 2 heterocycles. The van der Waals surface area contributed by atoms with E-state index in [-0.39, 0.29) is 5.91 Å². The van der Waals surface area contributed by atoms with Crippen LogP contribution >= 0.6 is 0 Å². The molecule has 24 heavy (non-hydrogen) atoms. The van der Waals surface area contributed by atoms with Gasteiger partial charge in [-0.15, -0.1) is 0 Å². The van der Waals surface area contributed by atoms with Crippen molar-refractivity contribution < 1.29 is 4.79 Å². The van der Waals surface area contributed by atoms with E-state index >= 15 is 0 Å². The third kappa shape index (κ3) is 3.20. The zero-order valence-corrected chi connectivity index (χ0v) is 13.8. The van der Waals surface area contributed by atoms with Crippen molar-refractivity contribution in [1.82, 2.24) is 9.97 Å². The maximum atomic E-state index is 12.4. The van der Waals surface area contributed by atoms with Gasteiger partial charge in [0, 0.05) is 18.7 Å². The molecule has 1 aromatic carbocycles. The quantitative estimate of drug-likeness (QED) is 0.940. The van der Waals surface area contributed by atoms with Gasteiger partial charge in [-0.1, -0.05) is 6.07 Å². The molecule has 1 N–H and O–H groups in total. The zero-order valence-electron chi connectivity index (χ0n) is 13.8. The lowest BCUT2D eigenvalue weighted by Crippen LogP contribution is -2.22. The first kappa shape index (κ1) is 15.9. The molecule has 1 aliphatic rings. The van der Waals surface area contributed by atoms with Gasteiger partial charge >= 0.3 is 0 Å². The largest absolute Gasteiger partial charge is 0.341 e. The van der Waals surface area contributed by atoms with E-state index in [1.54, 1.807) is 24.3 Å². The number of hydrogen-bond donors (Lipinski definition) is 1. The van der Waals surface area contributed by atoms with Gasteiger partial charge in [-0.25, -0.2) is 9.97 Å². The summed E-state index contributed by atoms with van der Waals surface area (Å²) in [6.45, 7) is 5.70. The summed E-state index contributed by atoms with van der Waals surface area (Å²) in [5.74, 6) is 0.461. The number of nitrogens with one attached hydrogen (secondary N) is 1. The Hall–Kier alpha value is -2.94. The van der Waals surface area contributed by atoms with Gasteiger partial charge in [-0.05, 0) is 44.9 Å². The van der Waals surface area contributed by atoms with E-state index in [0.29, 0.717) is 16.8 Å². The lowest BCUT2D eigenvalue weighted by Gasteiger charge is -2.18. The van der Waals surface area contributed by atoms with Gasteiger partial charge in [0.15, 0.2) is 0 Å². The Labute approximate surface area is 141 Å². The van der Waals surface area contributed by atoms with E-state index in [1.807, 2.05) is 19.9 Å². The van der Waals surface area contributed by atoms with E-state index in [0.717, 1.165) is 43.3 Å². The topological polar surface area (TPSA) is 81.9 Å². The summed E-state index contributed by atoms with van der Waals surface area (Å²) in [7, 11) is 0. The molecule has 122 valence electrons. The highest BCUT2D eigenvalue weighted by atomic mass is 16.1. The standard InChI is InChI=1S/C18H19N5O/c1-12-16(13(2)21-18(20-12)23-8-3-4-9-23)22-17(24)15-7-5-6-14(10-15)11-19/h5-7,10H,3-4,8-9H2,1-2H3,(H,22,24). The number of benzene rings is 1. The summed E-state index contributed by atoms with van der Waals surface area (Å²) in [6, 6.07) is 8.65. The van der Waals surface area contributed by atoms with Crippen LogP contribution in [0.15, 0.2) is 24.3 Å². The molecule has 0 unspecified atom stereocenters. The maximum Gasteiger partial charge on any atom is 0.255 e. The second-order valence-electron chi connectivity index (χ2n) is 5.91. The van der Waals surface area contributed by atoms with E-state index < -0.39 is 0 Å². The smallest absolute Gasteiger partial charge is 0.255 e. The first-order chi connectivity index (χ1) is 11.6. The number of aromatic nitrogens is 2. The molecule has 1 aromatic heterocycles. The number of carbonyl (C=O) groups excluding carboxylic acids is 1. The lowest BCUT2D eigenvalue weighted by atomic mass is 10.1. The molecular formula is C18H19N5O. The third-order valence-electron chi connectivity index (χ3n) is 4.14. The van der Waals surface area contributed by atoms with Gasteiger partial charge < -0.3 is 10.2 Å². The van der Waals surface area contributed by atoms with Crippen LogP contribution in [0.4, 0.5) is 11.6 Å².